The van der Waals surface area contributed by atoms with E-state index in [1.165, 1.54) is 0 Å². The van der Waals surface area contributed by atoms with E-state index in [1.807, 2.05) is 12.1 Å². The van der Waals surface area contributed by atoms with Crippen LogP contribution in [-0.4, -0.2) is 19.4 Å². The van der Waals surface area contributed by atoms with Gasteiger partial charge in [-0.15, -0.1) is 0 Å². The van der Waals surface area contributed by atoms with E-state index in [0.717, 1.165) is 25.1 Å². The van der Waals surface area contributed by atoms with Gasteiger partial charge in [0.25, 0.3) is 0 Å². The number of carbonyl (C=O) groups excluding carboxylic acids is 1. The average Bonchev–Trinajstić information content (AvgIpc) is 2.59. The number of halogens is 1. The number of nitrogens with zero attached hydrogens (tertiary/aromatic N) is 1. The summed E-state index contributed by atoms with van der Waals surface area (Å²) in [6.45, 7) is 6.67. The van der Waals surface area contributed by atoms with Crippen LogP contribution in [0.4, 0.5) is 5.69 Å². The molecule has 3 heteroatoms. The molecule has 0 aliphatic carbocycles. The molecule has 1 aromatic carbocycles. The highest BCUT2D eigenvalue weighted by Gasteiger charge is 2.26. The third kappa shape index (κ3) is 2.07. The second-order valence-electron chi connectivity index (χ2n) is 4.68. The molecule has 1 aliphatic heterocycles. The Labute approximate surface area is 101 Å². The Morgan fingerprint density at radius 3 is 2.44 bits per heavy atom. The Morgan fingerprint density at radius 2 is 1.94 bits per heavy atom. The molecule has 0 bridgehead atoms. The molecule has 0 amide bonds. The molecular formula is C13H16ClNO. The van der Waals surface area contributed by atoms with Gasteiger partial charge in [-0.3, -0.25) is 4.79 Å². The van der Waals surface area contributed by atoms with Crippen LogP contribution in [0.15, 0.2) is 18.2 Å². The fourth-order valence-electron chi connectivity index (χ4n) is 2.15. The van der Waals surface area contributed by atoms with Crippen LogP contribution < -0.4 is 4.90 Å². The van der Waals surface area contributed by atoms with Gasteiger partial charge >= 0.3 is 0 Å². The Balaban J connectivity index is 2.22. The lowest BCUT2D eigenvalue weighted by Crippen LogP contribution is -2.19. The van der Waals surface area contributed by atoms with Crippen molar-refractivity contribution >= 4 is 23.6 Å². The molecule has 2 unspecified atom stereocenters. The van der Waals surface area contributed by atoms with Gasteiger partial charge in [0.1, 0.15) is 0 Å². The van der Waals surface area contributed by atoms with Gasteiger partial charge < -0.3 is 4.90 Å². The predicted molar refractivity (Wildman–Crippen MR) is 67.4 cm³/mol. The fourth-order valence-corrected chi connectivity index (χ4v) is 2.37. The van der Waals surface area contributed by atoms with Crippen LogP contribution in [0.1, 0.15) is 24.2 Å². The first kappa shape index (κ1) is 11.5. The second kappa shape index (κ2) is 4.46. The zero-order valence-electron chi connectivity index (χ0n) is 9.61. The molecule has 0 radical (unpaired) electrons. The van der Waals surface area contributed by atoms with E-state index in [1.54, 1.807) is 6.07 Å². The summed E-state index contributed by atoms with van der Waals surface area (Å²) in [5.74, 6) is 1.43. The number of anilines is 1. The summed E-state index contributed by atoms with van der Waals surface area (Å²) in [5, 5.41) is 0.541. The lowest BCUT2D eigenvalue weighted by atomic mass is 10.0. The van der Waals surface area contributed by atoms with E-state index in [2.05, 4.69) is 18.7 Å². The number of carbonyl (C=O) groups is 1. The van der Waals surface area contributed by atoms with Crippen LogP contribution in [0.2, 0.25) is 5.02 Å². The molecule has 1 aromatic rings. The molecule has 2 nitrogen and oxygen atoms in total. The molecular weight excluding hydrogens is 222 g/mol. The van der Waals surface area contributed by atoms with Gasteiger partial charge in [0, 0.05) is 24.3 Å². The van der Waals surface area contributed by atoms with Crippen molar-refractivity contribution < 1.29 is 4.79 Å². The standard InChI is InChI=1S/C13H16ClNO/c1-9-6-15(7-10(9)2)12-4-3-11(8-16)13(14)5-12/h3-5,8-10H,6-7H2,1-2H3. The smallest absolute Gasteiger partial charge is 0.151 e. The summed E-state index contributed by atoms with van der Waals surface area (Å²) in [6.07, 6.45) is 0.793. The molecule has 1 heterocycles. The lowest BCUT2D eigenvalue weighted by molar-refractivity contribution is 0.112. The van der Waals surface area contributed by atoms with Crippen LogP contribution in [0, 0.1) is 11.8 Å². The van der Waals surface area contributed by atoms with Gasteiger partial charge in [-0.2, -0.15) is 0 Å². The second-order valence-corrected chi connectivity index (χ2v) is 5.09. The minimum absolute atomic E-state index is 0.541. The van der Waals surface area contributed by atoms with Crippen LogP contribution in [-0.2, 0) is 0 Å². The minimum atomic E-state index is 0.541. The van der Waals surface area contributed by atoms with Crippen molar-refractivity contribution in [3.05, 3.63) is 28.8 Å². The zero-order valence-corrected chi connectivity index (χ0v) is 10.4. The molecule has 0 spiro atoms. The maximum absolute atomic E-state index is 10.7. The maximum atomic E-state index is 10.7. The number of hydrogen-bond acceptors (Lipinski definition) is 2. The predicted octanol–water partition coefficient (Wildman–Crippen LogP) is 3.24. The summed E-state index contributed by atoms with van der Waals surface area (Å²) >= 11 is 6.02. The topological polar surface area (TPSA) is 20.3 Å². The SMILES string of the molecule is CC1CN(c2ccc(C=O)c(Cl)c2)CC1C. The van der Waals surface area contributed by atoms with Crippen molar-refractivity contribution in [3.63, 3.8) is 0 Å². The summed E-state index contributed by atoms with van der Waals surface area (Å²) < 4.78 is 0. The summed E-state index contributed by atoms with van der Waals surface area (Å²) in [4.78, 5) is 13.0. The number of aldehydes is 1. The lowest BCUT2D eigenvalue weighted by Gasteiger charge is -2.18. The average molecular weight is 238 g/mol. The minimum Gasteiger partial charge on any atom is -0.371 e. The van der Waals surface area contributed by atoms with E-state index in [9.17, 15) is 4.79 Å². The Bertz CT molecular complexity index is 395. The Hall–Kier alpha value is -1.02. The van der Waals surface area contributed by atoms with E-state index < -0.39 is 0 Å². The van der Waals surface area contributed by atoms with Gasteiger partial charge in [-0.1, -0.05) is 25.4 Å². The highest BCUT2D eigenvalue weighted by molar-refractivity contribution is 6.33. The first-order chi connectivity index (χ1) is 7.61. The van der Waals surface area contributed by atoms with Crippen LogP contribution >= 0.6 is 11.6 Å². The highest BCUT2D eigenvalue weighted by atomic mass is 35.5. The van der Waals surface area contributed by atoms with Gasteiger partial charge in [0.15, 0.2) is 6.29 Å². The number of hydrogen-bond donors (Lipinski definition) is 0. The fraction of sp³-hybridized carbons (Fsp3) is 0.462. The molecule has 1 aliphatic rings. The van der Waals surface area contributed by atoms with Gasteiger partial charge in [-0.05, 0) is 30.0 Å². The van der Waals surface area contributed by atoms with Crippen LogP contribution in [0.25, 0.3) is 0 Å². The molecule has 2 rings (SSSR count). The van der Waals surface area contributed by atoms with E-state index >= 15 is 0 Å². The molecule has 0 saturated carbocycles. The number of benzene rings is 1. The van der Waals surface area contributed by atoms with Gasteiger partial charge in [0.05, 0.1) is 5.02 Å². The first-order valence-electron chi connectivity index (χ1n) is 5.61. The molecule has 86 valence electrons. The van der Waals surface area contributed by atoms with Crippen molar-refractivity contribution in [2.45, 2.75) is 13.8 Å². The quantitative estimate of drug-likeness (QED) is 0.736. The van der Waals surface area contributed by atoms with Crippen molar-refractivity contribution in [3.8, 4) is 0 Å². The molecule has 1 saturated heterocycles. The summed E-state index contributed by atoms with van der Waals surface area (Å²) in [7, 11) is 0. The molecule has 1 fully saturated rings. The van der Waals surface area contributed by atoms with Crippen molar-refractivity contribution in [1.29, 1.82) is 0 Å². The van der Waals surface area contributed by atoms with E-state index in [4.69, 9.17) is 11.6 Å². The largest absolute Gasteiger partial charge is 0.371 e. The molecule has 16 heavy (non-hydrogen) atoms. The van der Waals surface area contributed by atoms with E-state index in [-0.39, 0.29) is 0 Å². The van der Waals surface area contributed by atoms with Gasteiger partial charge in [-0.25, -0.2) is 0 Å². The molecule has 0 N–H and O–H groups in total. The van der Waals surface area contributed by atoms with Crippen molar-refractivity contribution in [2.24, 2.45) is 11.8 Å². The Kier molecular flexibility index (Phi) is 3.20. The maximum Gasteiger partial charge on any atom is 0.151 e. The third-order valence-corrected chi connectivity index (χ3v) is 3.79. The van der Waals surface area contributed by atoms with Crippen LogP contribution in [0.5, 0.6) is 0 Å². The van der Waals surface area contributed by atoms with Gasteiger partial charge in [0.2, 0.25) is 0 Å². The summed E-state index contributed by atoms with van der Waals surface area (Å²) in [5.41, 5.74) is 1.68. The molecule has 0 aromatic heterocycles. The van der Waals surface area contributed by atoms with Crippen molar-refractivity contribution in [1.82, 2.24) is 0 Å². The first-order valence-corrected chi connectivity index (χ1v) is 5.99. The zero-order chi connectivity index (χ0) is 11.7. The summed E-state index contributed by atoms with van der Waals surface area (Å²) in [6, 6.07) is 5.65. The normalized spacial score (nSPS) is 24.8. The monoisotopic (exact) mass is 237 g/mol. The molecule has 2 atom stereocenters. The number of rotatable bonds is 2. The van der Waals surface area contributed by atoms with Crippen LogP contribution in [0.3, 0.4) is 0 Å². The third-order valence-electron chi connectivity index (χ3n) is 3.46. The highest BCUT2D eigenvalue weighted by Crippen LogP contribution is 2.30. The van der Waals surface area contributed by atoms with Crippen molar-refractivity contribution in [2.75, 3.05) is 18.0 Å². The Morgan fingerprint density at radius 1 is 1.31 bits per heavy atom. The van der Waals surface area contributed by atoms with E-state index in [0.29, 0.717) is 22.4 Å².